The van der Waals surface area contributed by atoms with Gasteiger partial charge in [-0.15, -0.1) is 0 Å². The Morgan fingerprint density at radius 1 is 0.955 bits per heavy atom. The number of rotatable bonds is 4. The van der Waals surface area contributed by atoms with Gasteiger partial charge in [-0.25, -0.2) is 8.42 Å². The van der Waals surface area contributed by atoms with E-state index in [9.17, 15) is 8.42 Å². The fourth-order valence-electron chi connectivity index (χ4n) is 2.03. The number of sulfone groups is 1. The summed E-state index contributed by atoms with van der Waals surface area (Å²) in [6.45, 7) is 6.65. The molecule has 2 rings (SSSR count). The van der Waals surface area contributed by atoms with Crippen molar-refractivity contribution in [3.8, 4) is 0 Å². The lowest BCUT2D eigenvalue weighted by Gasteiger charge is -2.18. The Bertz CT molecular complexity index is 740. The second kappa shape index (κ2) is 6.44. The number of nitrogens with zero attached hydrogens (tertiary/aromatic N) is 1. The van der Waals surface area contributed by atoms with Crippen LogP contribution in [0.1, 0.15) is 31.9 Å². The van der Waals surface area contributed by atoms with Gasteiger partial charge in [-0.1, -0.05) is 63.2 Å². The van der Waals surface area contributed by atoms with Gasteiger partial charge in [0.15, 0.2) is 0 Å². The molecule has 22 heavy (non-hydrogen) atoms. The van der Waals surface area contributed by atoms with Gasteiger partial charge in [0.1, 0.15) is 5.55 Å². The summed E-state index contributed by atoms with van der Waals surface area (Å²) in [5.74, 6) is 0. The predicted octanol–water partition coefficient (Wildman–Crippen LogP) is 3.99. The van der Waals surface area contributed by atoms with Crippen LogP contribution in [0.5, 0.6) is 0 Å². The molecule has 3 nitrogen and oxygen atoms in total. The van der Waals surface area contributed by atoms with E-state index in [1.807, 2.05) is 42.5 Å². The minimum Gasteiger partial charge on any atom is -0.276 e. The summed E-state index contributed by atoms with van der Waals surface area (Å²) in [6.07, 6.45) is 0. The van der Waals surface area contributed by atoms with Crippen molar-refractivity contribution in [2.24, 2.45) is 4.99 Å². The van der Waals surface area contributed by atoms with Crippen molar-refractivity contribution in [3.05, 3.63) is 65.7 Å². The molecule has 0 aliphatic carbocycles. The highest BCUT2D eigenvalue weighted by Crippen LogP contribution is 2.23. The lowest BCUT2D eigenvalue weighted by Crippen LogP contribution is -2.11. The van der Waals surface area contributed by atoms with Crippen molar-refractivity contribution in [1.29, 1.82) is 0 Å². The SMILES string of the molecule is CC(C)(C)c1ccc(S(=O)(=O)C=NCc2ccccc2)cc1. The molecule has 0 bridgehead atoms. The van der Waals surface area contributed by atoms with E-state index in [-0.39, 0.29) is 10.3 Å². The maximum Gasteiger partial charge on any atom is 0.216 e. The zero-order valence-corrected chi connectivity index (χ0v) is 14.0. The molecule has 0 atom stereocenters. The average molecular weight is 315 g/mol. The van der Waals surface area contributed by atoms with Crippen LogP contribution < -0.4 is 0 Å². The first-order valence-corrected chi connectivity index (χ1v) is 8.73. The van der Waals surface area contributed by atoms with Gasteiger partial charge < -0.3 is 0 Å². The standard InChI is InChI=1S/C18H21NO2S/c1-18(2,3)16-9-11-17(12-10-16)22(20,21)14-19-13-15-7-5-4-6-8-15/h4-12,14H,13H2,1-3H3. The van der Waals surface area contributed by atoms with Crippen LogP contribution in [-0.2, 0) is 21.8 Å². The molecule has 2 aromatic carbocycles. The van der Waals surface area contributed by atoms with Crippen LogP contribution in [-0.4, -0.2) is 14.0 Å². The van der Waals surface area contributed by atoms with Crippen molar-refractivity contribution in [2.75, 3.05) is 0 Å². The first kappa shape index (κ1) is 16.4. The van der Waals surface area contributed by atoms with Gasteiger partial charge >= 0.3 is 0 Å². The highest BCUT2D eigenvalue weighted by molar-refractivity contribution is 8.04. The number of hydrogen-bond acceptors (Lipinski definition) is 3. The van der Waals surface area contributed by atoms with Crippen LogP contribution in [0.3, 0.4) is 0 Å². The molecule has 0 heterocycles. The van der Waals surface area contributed by atoms with Crippen molar-refractivity contribution >= 4 is 15.4 Å². The maximum absolute atomic E-state index is 12.2. The Labute approximate surface area is 132 Å². The van der Waals surface area contributed by atoms with E-state index >= 15 is 0 Å². The van der Waals surface area contributed by atoms with E-state index in [0.717, 1.165) is 16.7 Å². The van der Waals surface area contributed by atoms with Gasteiger partial charge in [-0.3, -0.25) is 4.99 Å². The highest BCUT2D eigenvalue weighted by Gasteiger charge is 2.16. The average Bonchev–Trinajstić information content (AvgIpc) is 2.47. The minimum atomic E-state index is -3.48. The molecule has 0 fully saturated rings. The van der Waals surface area contributed by atoms with E-state index in [4.69, 9.17) is 0 Å². The molecule has 0 saturated heterocycles. The first-order valence-electron chi connectivity index (χ1n) is 7.18. The second-order valence-electron chi connectivity index (χ2n) is 6.25. The van der Waals surface area contributed by atoms with Crippen LogP contribution in [0, 0.1) is 0 Å². The molecule has 0 saturated carbocycles. The third-order valence-corrected chi connectivity index (χ3v) is 4.73. The molecular formula is C18H21NO2S. The lowest BCUT2D eigenvalue weighted by molar-refractivity contribution is 0.588. The molecule has 0 aliphatic rings. The van der Waals surface area contributed by atoms with Crippen LogP contribution in [0.25, 0.3) is 0 Å². The predicted molar refractivity (Wildman–Crippen MR) is 91.0 cm³/mol. The topological polar surface area (TPSA) is 46.5 Å². The zero-order chi connectivity index (χ0) is 16.2. The summed E-state index contributed by atoms with van der Waals surface area (Å²) in [5, 5.41) is 0. The Morgan fingerprint density at radius 2 is 1.55 bits per heavy atom. The van der Waals surface area contributed by atoms with Gasteiger partial charge in [0.2, 0.25) is 9.84 Å². The van der Waals surface area contributed by atoms with E-state index in [1.165, 1.54) is 0 Å². The van der Waals surface area contributed by atoms with Gasteiger partial charge in [-0.2, -0.15) is 0 Å². The van der Waals surface area contributed by atoms with Gasteiger partial charge in [0, 0.05) is 0 Å². The molecule has 0 amide bonds. The van der Waals surface area contributed by atoms with Gasteiger partial charge in [0.05, 0.1) is 11.4 Å². The van der Waals surface area contributed by atoms with Gasteiger partial charge in [0.25, 0.3) is 0 Å². The largest absolute Gasteiger partial charge is 0.276 e. The smallest absolute Gasteiger partial charge is 0.216 e. The summed E-state index contributed by atoms with van der Waals surface area (Å²) in [5.41, 5.74) is 3.14. The quantitative estimate of drug-likeness (QED) is 0.632. The van der Waals surface area contributed by atoms with Crippen LogP contribution in [0.4, 0.5) is 0 Å². The molecule has 0 radical (unpaired) electrons. The summed E-state index contributed by atoms with van der Waals surface area (Å²) in [6, 6.07) is 16.6. The first-order chi connectivity index (χ1) is 10.3. The fraction of sp³-hybridized carbons (Fsp3) is 0.278. The Morgan fingerprint density at radius 3 is 2.09 bits per heavy atom. The summed E-state index contributed by atoms with van der Waals surface area (Å²) >= 11 is 0. The fourth-order valence-corrected chi connectivity index (χ4v) is 2.94. The number of benzene rings is 2. The summed E-state index contributed by atoms with van der Waals surface area (Å²) in [7, 11) is -3.48. The van der Waals surface area contributed by atoms with Crippen LogP contribution >= 0.6 is 0 Å². The highest BCUT2D eigenvalue weighted by atomic mass is 32.2. The molecule has 0 aromatic heterocycles. The normalized spacial score (nSPS) is 12.7. The van der Waals surface area contributed by atoms with E-state index < -0.39 is 9.84 Å². The second-order valence-corrected chi connectivity index (χ2v) is 8.02. The maximum atomic E-state index is 12.2. The molecule has 4 heteroatoms. The lowest BCUT2D eigenvalue weighted by atomic mass is 9.87. The number of hydrogen-bond donors (Lipinski definition) is 0. The van der Waals surface area contributed by atoms with Crippen molar-refractivity contribution < 1.29 is 8.42 Å². The molecule has 2 aromatic rings. The molecule has 0 unspecified atom stereocenters. The van der Waals surface area contributed by atoms with Crippen molar-refractivity contribution in [2.45, 2.75) is 37.6 Å². The third-order valence-electron chi connectivity index (χ3n) is 3.38. The molecule has 0 spiro atoms. The summed E-state index contributed by atoms with van der Waals surface area (Å²) < 4.78 is 24.5. The third kappa shape index (κ3) is 4.28. The van der Waals surface area contributed by atoms with Crippen molar-refractivity contribution in [3.63, 3.8) is 0 Å². The minimum absolute atomic E-state index is 0.00366. The summed E-state index contributed by atoms with van der Waals surface area (Å²) in [4.78, 5) is 4.32. The van der Waals surface area contributed by atoms with E-state index in [1.54, 1.807) is 12.1 Å². The Balaban J connectivity index is 2.13. The molecular weight excluding hydrogens is 294 g/mol. The van der Waals surface area contributed by atoms with Crippen molar-refractivity contribution in [1.82, 2.24) is 0 Å². The molecule has 0 N–H and O–H groups in total. The Kier molecular flexibility index (Phi) is 4.81. The van der Waals surface area contributed by atoms with E-state index in [2.05, 4.69) is 25.8 Å². The van der Waals surface area contributed by atoms with E-state index in [0.29, 0.717) is 6.54 Å². The number of aliphatic imine (C=N–C) groups is 1. The molecule has 116 valence electrons. The molecule has 0 aliphatic heterocycles. The van der Waals surface area contributed by atoms with Gasteiger partial charge in [-0.05, 0) is 28.7 Å². The zero-order valence-electron chi connectivity index (χ0n) is 13.2. The van der Waals surface area contributed by atoms with Crippen LogP contribution in [0.15, 0.2) is 64.5 Å². The van der Waals surface area contributed by atoms with Crippen LogP contribution in [0.2, 0.25) is 0 Å². The Hall–Kier alpha value is -1.94. The monoisotopic (exact) mass is 315 g/mol.